The van der Waals surface area contributed by atoms with Crippen LogP contribution in [-0.4, -0.2) is 46.2 Å². The first kappa shape index (κ1) is 23.7. The lowest BCUT2D eigenvalue weighted by Crippen LogP contribution is -2.62. The number of pyridine rings is 2. The fraction of sp³-hybridized carbons (Fsp3) is 0.444. The first-order chi connectivity index (χ1) is 16.9. The quantitative estimate of drug-likeness (QED) is 0.531. The van der Waals surface area contributed by atoms with Gasteiger partial charge in [-0.25, -0.2) is 4.98 Å². The molecule has 1 fully saturated rings. The third-order valence-corrected chi connectivity index (χ3v) is 7.98. The maximum atomic E-state index is 13.2. The lowest BCUT2D eigenvalue weighted by atomic mass is 9.94. The number of anilines is 1. The number of benzene rings is 1. The van der Waals surface area contributed by atoms with Crippen molar-refractivity contribution in [3.8, 4) is 11.8 Å². The molecule has 2 aliphatic heterocycles. The molecule has 0 unspecified atom stereocenters. The van der Waals surface area contributed by atoms with E-state index in [1.165, 1.54) is 5.56 Å². The Labute approximate surface area is 210 Å². The Hall–Kier alpha value is -3.08. The smallest absolute Gasteiger partial charge is 0.295 e. The lowest BCUT2D eigenvalue weighted by molar-refractivity contribution is 0.0720. The molecule has 2 aliphatic rings. The van der Waals surface area contributed by atoms with Crippen LogP contribution in [0.5, 0.6) is 5.75 Å². The Kier molecular flexibility index (Phi) is 6.20. The highest BCUT2D eigenvalue weighted by Crippen LogP contribution is 2.41. The average Bonchev–Trinajstić information content (AvgIpc) is 2.88. The van der Waals surface area contributed by atoms with E-state index in [1.54, 1.807) is 23.7 Å². The molecular weight excluding hydrogens is 462 g/mol. The standard InChI is InChI=1S/C27H30ClN5O2/c1-5-19-13-33-20(14-32(19)22(6-2)17-7-9-21(28)16(3)11-17)15-35-26-25(33)24-23(31(4)27(26)34)10-8-18(12-29)30-24/h7-11,19-20,22H,5-6,13-15H2,1-4H3/t19-,20+,22+/m1/s1. The number of halogens is 1. The van der Waals surface area contributed by atoms with Gasteiger partial charge in [-0.15, -0.1) is 0 Å². The maximum Gasteiger partial charge on any atom is 0.295 e. The third-order valence-electron chi connectivity index (χ3n) is 7.56. The zero-order chi connectivity index (χ0) is 24.9. The summed E-state index contributed by atoms with van der Waals surface area (Å²) in [6.45, 7) is 8.51. The topological polar surface area (TPSA) is 74.4 Å². The van der Waals surface area contributed by atoms with Crippen LogP contribution in [0.4, 0.5) is 5.69 Å². The number of ether oxygens (including phenoxy) is 1. The van der Waals surface area contributed by atoms with Crippen molar-refractivity contribution in [2.24, 2.45) is 7.05 Å². The summed E-state index contributed by atoms with van der Waals surface area (Å²) in [4.78, 5) is 22.7. The van der Waals surface area contributed by atoms with Crippen molar-refractivity contribution < 1.29 is 4.74 Å². The van der Waals surface area contributed by atoms with Crippen LogP contribution in [0.1, 0.15) is 49.6 Å². The Balaban J connectivity index is 1.58. The lowest BCUT2D eigenvalue weighted by Gasteiger charge is -2.51. The summed E-state index contributed by atoms with van der Waals surface area (Å²) in [5, 5.41) is 10.3. The largest absolute Gasteiger partial charge is 0.484 e. The molecule has 4 heterocycles. The highest BCUT2D eigenvalue weighted by molar-refractivity contribution is 6.31. The Morgan fingerprint density at radius 1 is 1.26 bits per heavy atom. The van der Waals surface area contributed by atoms with Crippen LogP contribution in [0.3, 0.4) is 0 Å². The number of hydrogen-bond acceptors (Lipinski definition) is 6. The first-order valence-corrected chi connectivity index (χ1v) is 12.6. The first-order valence-electron chi connectivity index (χ1n) is 12.2. The van der Waals surface area contributed by atoms with Gasteiger partial charge in [-0.3, -0.25) is 9.69 Å². The summed E-state index contributed by atoms with van der Waals surface area (Å²) in [5.74, 6) is 0.336. The van der Waals surface area contributed by atoms with Crippen LogP contribution in [0.2, 0.25) is 5.02 Å². The number of aromatic nitrogens is 2. The molecule has 0 bridgehead atoms. The number of nitrogens with zero attached hydrogens (tertiary/aromatic N) is 5. The molecule has 0 radical (unpaired) electrons. The van der Waals surface area contributed by atoms with Gasteiger partial charge in [-0.05, 0) is 49.1 Å². The zero-order valence-electron chi connectivity index (χ0n) is 20.6. The molecule has 5 rings (SSSR count). The number of nitriles is 1. The van der Waals surface area contributed by atoms with E-state index in [4.69, 9.17) is 16.3 Å². The van der Waals surface area contributed by atoms with Crippen molar-refractivity contribution in [1.82, 2.24) is 14.5 Å². The minimum Gasteiger partial charge on any atom is -0.484 e. The average molecular weight is 492 g/mol. The van der Waals surface area contributed by atoms with Gasteiger partial charge < -0.3 is 14.2 Å². The van der Waals surface area contributed by atoms with Crippen LogP contribution in [0.15, 0.2) is 35.1 Å². The molecule has 1 saturated heterocycles. The van der Waals surface area contributed by atoms with E-state index in [0.717, 1.165) is 42.2 Å². The third kappa shape index (κ3) is 3.85. The minimum absolute atomic E-state index is 0.0793. The van der Waals surface area contributed by atoms with Crippen LogP contribution < -0.4 is 15.2 Å². The van der Waals surface area contributed by atoms with Gasteiger partial charge in [-0.1, -0.05) is 37.6 Å². The van der Waals surface area contributed by atoms with E-state index in [1.807, 2.05) is 13.0 Å². The fourth-order valence-electron chi connectivity index (χ4n) is 5.68. The Morgan fingerprint density at radius 2 is 2.06 bits per heavy atom. The highest BCUT2D eigenvalue weighted by atomic mass is 35.5. The molecule has 8 heteroatoms. The van der Waals surface area contributed by atoms with Gasteiger partial charge in [0.25, 0.3) is 5.56 Å². The number of aryl methyl sites for hydroxylation is 2. The second-order valence-corrected chi connectivity index (χ2v) is 9.93. The molecule has 0 spiro atoms. The number of piperazine rings is 1. The molecule has 0 amide bonds. The summed E-state index contributed by atoms with van der Waals surface area (Å²) in [5.41, 5.74) is 4.60. The van der Waals surface area contributed by atoms with Gasteiger partial charge in [0.05, 0.1) is 11.6 Å². The molecule has 7 nitrogen and oxygen atoms in total. The number of hydrogen-bond donors (Lipinski definition) is 0. The number of rotatable bonds is 4. The van der Waals surface area contributed by atoms with Crippen molar-refractivity contribution in [3.63, 3.8) is 0 Å². The van der Waals surface area contributed by atoms with Gasteiger partial charge in [0.2, 0.25) is 5.75 Å². The van der Waals surface area contributed by atoms with Gasteiger partial charge >= 0.3 is 0 Å². The van der Waals surface area contributed by atoms with Crippen molar-refractivity contribution >= 4 is 28.3 Å². The zero-order valence-corrected chi connectivity index (χ0v) is 21.3. The molecule has 182 valence electrons. The predicted molar refractivity (Wildman–Crippen MR) is 138 cm³/mol. The molecule has 1 aromatic carbocycles. The molecule has 0 aliphatic carbocycles. The maximum absolute atomic E-state index is 13.2. The van der Waals surface area contributed by atoms with Gasteiger partial charge in [0.1, 0.15) is 29.6 Å². The summed E-state index contributed by atoms with van der Waals surface area (Å²) >= 11 is 6.31. The molecule has 0 N–H and O–H groups in total. The summed E-state index contributed by atoms with van der Waals surface area (Å²) in [7, 11) is 1.72. The van der Waals surface area contributed by atoms with E-state index in [0.29, 0.717) is 29.1 Å². The van der Waals surface area contributed by atoms with E-state index in [2.05, 4.69) is 46.8 Å². The Bertz CT molecular complexity index is 1400. The van der Waals surface area contributed by atoms with Gasteiger partial charge in [0, 0.05) is 37.2 Å². The molecule has 35 heavy (non-hydrogen) atoms. The van der Waals surface area contributed by atoms with Crippen LogP contribution in [0, 0.1) is 18.3 Å². The van der Waals surface area contributed by atoms with Crippen LogP contribution in [0.25, 0.3) is 11.0 Å². The molecule has 3 aromatic rings. The van der Waals surface area contributed by atoms with Crippen LogP contribution >= 0.6 is 11.6 Å². The fourth-order valence-corrected chi connectivity index (χ4v) is 5.79. The monoisotopic (exact) mass is 491 g/mol. The number of fused-ring (bicyclic) bond motifs is 5. The van der Waals surface area contributed by atoms with E-state index in [9.17, 15) is 10.1 Å². The van der Waals surface area contributed by atoms with Crippen LogP contribution in [-0.2, 0) is 7.05 Å². The molecule has 2 aromatic heterocycles. The summed E-state index contributed by atoms with van der Waals surface area (Å²) < 4.78 is 7.68. The highest BCUT2D eigenvalue weighted by Gasteiger charge is 2.42. The van der Waals surface area contributed by atoms with Crippen molar-refractivity contribution in [2.45, 2.75) is 51.7 Å². The summed E-state index contributed by atoms with van der Waals surface area (Å²) in [6, 6.07) is 12.6. The SMILES string of the molecule is CC[C@@H]1CN2c3c(c(=O)n(C)c4ccc(C#N)nc34)OC[C@@H]2CN1[C@@H](CC)c1ccc(Cl)c(C)c1. The van der Waals surface area contributed by atoms with Gasteiger partial charge in [-0.2, -0.15) is 5.26 Å². The van der Waals surface area contributed by atoms with E-state index >= 15 is 0 Å². The van der Waals surface area contributed by atoms with E-state index < -0.39 is 0 Å². The predicted octanol–water partition coefficient (Wildman–Crippen LogP) is 4.58. The Morgan fingerprint density at radius 3 is 2.74 bits per heavy atom. The second-order valence-electron chi connectivity index (χ2n) is 9.53. The minimum atomic E-state index is -0.170. The molecular formula is C27H30ClN5O2. The normalized spacial score (nSPS) is 20.6. The van der Waals surface area contributed by atoms with Crippen molar-refractivity contribution in [1.29, 1.82) is 5.26 Å². The van der Waals surface area contributed by atoms with E-state index in [-0.39, 0.29) is 23.7 Å². The summed E-state index contributed by atoms with van der Waals surface area (Å²) in [6.07, 6.45) is 1.96. The van der Waals surface area contributed by atoms with Gasteiger partial charge in [0.15, 0.2) is 0 Å². The molecule has 3 atom stereocenters. The van der Waals surface area contributed by atoms with Crippen molar-refractivity contribution in [2.75, 3.05) is 24.6 Å². The second kappa shape index (κ2) is 9.18. The van der Waals surface area contributed by atoms with Crippen molar-refractivity contribution in [3.05, 3.63) is 62.5 Å². The molecule has 0 saturated carbocycles.